The average Bonchev–Trinajstić information content (AvgIpc) is 2.50. The molecule has 0 radical (unpaired) electrons. The van der Waals surface area contributed by atoms with E-state index in [2.05, 4.69) is 15.9 Å². The largest absolute Gasteiger partial charge is 0.481 e. The van der Waals surface area contributed by atoms with Gasteiger partial charge in [0.15, 0.2) is 0 Å². The quantitative estimate of drug-likeness (QED) is 0.793. The number of aliphatic carboxylic acids is 1. The normalized spacial score (nSPS) is 10.3. The van der Waals surface area contributed by atoms with Gasteiger partial charge in [0.2, 0.25) is 0 Å². The Morgan fingerprint density at radius 2 is 1.77 bits per heavy atom. The Bertz CT molecular complexity index is 698. The summed E-state index contributed by atoms with van der Waals surface area (Å²) in [5.41, 5.74) is 1.22. The number of halogens is 1. The smallest absolute Gasteiger partial charge is 0.339 e. The Kier molecular flexibility index (Phi) is 5.63. The predicted octanol–water partition coefficient (Wildman–Crippen LogP) is 4.01. The molecular formula is C16H13BrO4S. The maximum Gasteiger partial charge on any atom is 0.339 e. The third-order valence-electron chi connectivity index (χ3n) is 2.86. The second-order valence-electron chi connectivity index (χ2n) is 4.45. The number of ether oxygens (including phenoxy) is 1. The molecule has 0 saturated heterocycles. The minimum absolute atomic E-state index is 0.00964. The fraction of sp³-hybridized carbons (Fsp3) is 0.125. The molecule has 6 heteroatoms. The van der Waals surface area contributed by atoms with Crippen LogP contribution in [0, 0.1) is 0 Å². The molecule has 0 unspecified atom stereocenters. The van der Waals surface area contributed by atoms with Gasteiger partial charge in [0.1, 0.15) is 0 Å². The summed E-state index contributed by atoms with van der Waals surface area (Å²) in [5, 5.41) is 8.75. The van der Waals surface area contributed by atoms with E-state index in [9.17, 15) is 9.59 Å². The summed E-state index contributed by atoms with van der Waals surface area (Å²) < 4.78 is 5.42. The third-order valence-corrected chi connectivity index (χ3v) is 4.55. The topological polar surface area (TPSA) is 63.6 Å². The van der Waals surface area contributed by atoms with Crippen molar-refractivity contribution >= 4 is 39.6 Å². The van der Waals surface area contributed by atoms with Gasteiger partial charge < -0.3 is 9.84 Å². The lowest BCUT2D eigenvalue weighted by Gasteiger charge is -2.07. The Hall–Kier alpha value is -1.79. The molecule has 0 aliphatic heterocycles. The highest BCUT2D eigenvalue weighted by Crippen LogP contribution is 2.31. The number of carbonyl (C=O) groups excluding carboxylic acids is 1. The van der Waals surface area contributed by atoms with Gasteiger partial charge in [0.25, 0.3) is 0 Å². The predicted molar refractivity (Wildman–Crippen MR) is 87.4 cm³/mol. The Labute approximate surface area is 140 Å². The number of rotatable bonds is 5. The zero-order valence-electron chi connectivity index (χ0n) is 11.7. The lowest BCUT2D eigenvalue weighted by Crippen LogP contribution is -2.02. The average molecular weight is 381 g/mol. The number of esters is 1. The standard InChI is InChI=1S/C16H13BrO4S/c1-21-16(20)13-9-12(6-7-14(13)17)22-11-4-2-10(3-5-11)8-15(18)19/h2-7,9H,8H2,1H3,(H,18,19). The van der Waals surface area contributed by atoms with Gasteiger partial charge in [-0.15, -0.1) is 0 Å². The lowest BCUT2D eigenvalue weighted by atomic mass is 10.2. The Balaban J connectivity index is 2.16. The van der Waals surface area contributed by atoms with Crippen LogP contribution in [0.15, 0.2) is 56.7 Å². The zero-order chi connectivity index (χ0) is 16.1. The molecule has 4 nitrogen and oxygen atoms in total. The van der Waals surface area contributed by atoms with Gasteiger partial charge in [-0.3, -0.25) is 4.79 Å². The number of hydrogen-bond donors (Lipinski definition) is 1. The van der Waals surface area contributed by atoms with Crippen molar-refractivity contribution in [2.45, 2.75) is 16.2 Å². The molecule has 1 N–H and O–H groups in total. The van der Waals surface area contributed by atoms with Crippen molar-refractivity contribution in [2.24, 2.45) is 0 Å². The molecule has 0 aromatic heterocycles. The van der Waals surface area contributed by atoms with Gasteiger partial charge in [0, 0.05) is 14.3 Å². The van der Waals surface area contributed by atoms with Crippen LogP contribution < -0.4 is 0 Å². The minimum Gasteiger partial charge on any atom is -0.481 e. The molecule has 0 aliphatic rings. The Morgan fingerprint density at radius 1 is 1.14 bits per heavy atom. The maximum absolute atomic E-state index is 11.7. The van der Waals surface area contributed by atoms with Crippen LogP contribution in [0.5, 0.6) is 0 Å². The molecule has 0 heterocycles. The highest BCUT2D eigenvalue weighted by atomic mass is 79.9. The first-order valence-corrected chi connectivity index (χ1v) is 7.97. The number of benzene rings is 2. The van der Waals surface area contributed by atoms with E-state index in [1.807, 2.05) is 18.2 Å². The first-order valence-electron chi connectivity index (χ1n) is 6.36. The van der Waals surface area contributed by atoms with Crippen LogP contribution in [0.3, 0.4) is 0 Å². The van der Waals surface area contributed by atoms with Crippen LogP contribution in [0.4, 0.5) is 0 Å². The van der Waals surface area contributed by atoms with E-state index in [0.717, 1.165) is 15.4 Å². The summed E-state index contributed by atoms with van der Waals surface area (Å²) in [5.74, 6) is -1.25. The zero-order valence-corrected chi connectivity index (χ0v) is 14.1. The van der Waals surface area contributed by atoms with Crippen molar-refractivity contribution in [2.75, 3.05) is 7.11 Å². The number of carboxylic acid groups (broad SMARTS) is 1. The molecule has 0 bridgehead atoms. The fourth-order valence-corrected chi connectivity index (χ4v) is 3.09. The van der Waals surface area contributed by atoms with E-state index in [1.54, 1.807) is 24.3 Å². The van der Waals surface area contributed by atoms with Crippen molar-refractivity contribution < 1.29 is 19.4 Å². The van der Waals surface area contributed by atoms with E-state index in [0.29, 0.717) is 10.0 Å². The summed E-state index contributed by atoms with van der Waals surface area (Å²) >= 11 is 4.81. The molecule has 0 amide bonds. The monoisotopic (exact) mass is 380 g/mol. The molecule has 0 saturated carbocycles. The molecule has 2 rings (SSSR count). The first-order chi connectivity index (χ1) is 10.5. The van der Waals surface area contributed by atoms with E-state index < -0.39 is 11.9 Å². The maximum atomic E-state index is 11.7. The van der Waals surface area contributed by atoms with Gasteiger partial charge in [-0.05, 0) is 51.8 Å². The van der Waals surface area contributed by atoms with E-state index in [1.165, 1.54) is 18.9 Å². The first kappa shape index (κ1) is 16.6. The van der Waals surface area contributed by atoms with E-state index >= 15 is 0 Å². The molecule has 114 valence electrons. The third kappa shape index (κ3) is 4.35. The second-order valence-corrected chi connectivity index (χ2v) is 6.45. The molecule has 0 atom stereocenters. The van der Waals surface area contributed by atoms with Crippen molar-refractivity contribution in [3.63, 3.8) is 0 Å². The van der Waals surface area contributed by atoms with Crippen LogP contribution >= 0.6 is 27.7 Å². The van der Waals surface area contributed by atoms with E-state index in [-0.39, 0.29) is 6.42 Å². The van der Waals surface area contributed by atoms with Crippen LogP contribution in [-0.4, -0.2) is 24.2 Å². The van der Waals surface area contributed by atoms with Crippen LogP contribution in [0.1, 0.15) is 15.9 Å². The molecule has 0 spiro atoms. The van der Waals surface area contributed by atoms with Crippen molar-refractivity contribution in [3.8, 4) is 0 Å². The van der Waals surface area contributed by atoms with Crippen LogP contribution in [0.2, 0.25) is 0 Å². The summed E-state index contributed by atoms with van der Waals surface area (Å²) in [6, 6.07) is 12.8. The fourth-order valence-electron chi connectivity index (χ4n) is 1.82. The van der Waals surface area contributed by atoms with Crippen LogP contribution in [-0.2, 0) is 16.0 Å². The summed E-state index contributed by atoms with van der Waals surface area (Å²) in [7, 11) is 1.34. The van der Waals surface area contributed by atoms with Gasteiger partial charge in [-0.2, -0.15) is 0 Å². The Morgan fingerprint density at radius 3 is 2.36 bits per heavy atom. The van der Waals surface area contributed by atoms with Crippen LogP contribution in [0.25, 0.3) is 0 Å². The number of hydrogen-bond acceptors (Lipinski definition) is 4. The van der Waals surface area contributed by atoms with Gasteiger partial charge in [0.05, 0.1) is 19.1 Å². The van der Waals surface area contributed by atoms with Gasteiger partial charge >= 0.3 is 11.9 Å². The highest BCUT2D eigenvalue weighted by molar-refractivity contribution is 9.10. The van der Waals surface area contributed by atoms with Gasteiger partial charge in [-0.1, -0.05) is 23.9 Å². The van der Waals surface area contributed by atoms with Crippen molar-refractivity contribution in [3.05, 3.63) is 58.1 Å². The molecule has 0 aliphatic carbocycles. The van der Waals surface area contributed by atoms with Gasteiger partial charge in [-0.25, -0.2) is 4.79 Å². The SMILES string of the molecule is COC(=O)c1cc(Sc2ccc(CC(=O)O)cc2)ccc1Br. The lowest BCUT2D eigenvalue weighted by molar-refractivity contribution is -0.136. The molecule has 0 fully saturated rings. The molecule has 22 heavy (non-hydrogen) atoms. The molecule has 2 aromatic carbocycles. The summed E-state index contributed by atoms with van der Waals surface area (Å²) in [6.45, 7) is 0. The summed E-state index contributed by atoms with van der Waals surface area (Å²) in [4.78, 5) is 24.2. The van der Waals surface area contributed by atoms with Crippen molar-refractivity contribution in [1.29, 1.82) is 0 Å². The highest BCUT2D eigenvalue weighted by Gasteiger charge is 2.11. The number of carboxylic acids is 1. The van der Waals surface area contributed by atoms with E-state index in [4.69, 9.17) is 9.84 Å². The summed E-state index contributed by atoms with van der Waals surface area (Å²) in [6.07, 6.45) is 0.00964. The minimum atomic E-state index is -0.851. The molecular weight excluding hydrogens is 368 g/mol. The van der Waals surface area contributed by atoms with Crippen molar-refractivity contribution in [1.82, 2.24) is 0 Å². The number of carbonyl (C=O) groups is 2. The molecule has 2 aromatic rings. The number of methoxy groups -OCH3 is 1. The second kappa shape index (κ2) is 7.47.